The van der Waals surface area contributed by atoms with E-state index in [9.17, 15) is 8.78 Å². The molecule has 0 radical (unpaired) electrons. The van der Waals surface area contributed by atoms with E-state index < -0.39 is 11.6 Å². The Kier molecular flexibility index (Phi) is 3.27. The summed E-state index contributed by atoms with van der Waals surface area (Å²) in [5.41, 5.74) is 0.447. The van der Waals surface area contributed by atoms with Crippen molar-refractivity contribution < 1.29 is 13.5 Å². The quantitative estimate of drug-likeness (QED) is 0.787. The van der Waals surface area contributed by atoms with Crippen LogP contribution in [0.15, 0.2) is 12.1 Å². The van der Waals surface area contributed by atoms with E-state index in [2.05, 4.69) is 0 Å². The maximum atomic E-state index is 14.0. The van der Waals surface area contributed by atoms with E-state index in [1.807, 2.05) is 4.90 Å². The molecule has 1 aromatic rings. The third kappa shape index (κ3) is 1.96. The standard InChI is InChI=1S/C12H15F2NO/c1-2-16-12-9(13)5-6-10(11(12)14)15-7-3-4-8-15/h5-6H,2-4,7-8H2,1H3. The SMILES string of the molecule is CCOc1c(F)ccc(N2CCCC2)c1F. The number of hydrogen-bond acceptors (Lipinski definition) is 2. The van der Waals surface area contributed by atoms with Crippen molar-refractivity contribution in [2.45, 2.75) is 19.8 Å². The number of ether oxygens (including phenoxy) is 1. The fraction of sp³-hybridized carbons (Fsp3) is 0.500. The van der Waals surface area contributed by atoms with Gasteiger partial charge in [0.25, 0.3) is 0 Å². The minimum absolute atomic E-state index is 0.258. The van der Waals surface area contributed by atoms with Crippen LogP contribution in [0.5, 0.6) is 5.75 Å². The number of benzene rings is 1. The highest BCUT2D eigenvalue weighted by Gasteiger charge is 2.21. The van der Waals surface area contributed by atoms with Gasteiger partial charge < -0.3 is 9.64 Å². The molecule has 0 bridgehead atoms. The van der Waals surface area contributed by atoms with E-state index in [4.69, 9.17) is 4.74 Å². The summed E-state index contributed by atoms with van der Waals surface area (Å²) in [5.74, 6) is -1.47. The molecule has 0 atom stereocenters. The number of nitrogens with zero attached hydrogens (tertiary/aromatic N) is 1. The molecule has 0 aliphatic carbocycles. The minimum atomic E-state index is -0.637. The molecule has 0 unspecified atom stereocenters. The van der Waals surface area contributed by atoms with Gasteiger partial charge in [0.05, 0.1) is 12.3 Å². The highest BCUT2D eigenvalue weighted by molar-refractivity contribution is 5.53. The highest BCUT2D eigenvalue weighted by Crippen LogP contribution is 2.32. The Morgan fingerprint density at radius 2 is 1.94 bits per heavy atom. The van der Waals surface area contributed by atoms with E-state index in [-0.39, 0.29) is 12.4 Å². The largest absolute Gasteiger partial charge is 0.488 e. The fourth-order valence-corrected chi connectivity index (χ4v) is 2.00. The van der Waals surface area contributed by atoms with Gasteiger partial charge in [0.1, 0.15) is 0 Å². The van der Waals surface area contributed by atoms with Crippen molar-refractivity contribution in [1.82, 2.24) is 0 Å². The van der Waals surface area contributed by atoms with Gasteiger partial charge in [0.15, 0.2) is 17.4 Å². The summed E-state index contributed by atoms with van der Waals surface area (Å²) in [6, 6.07) is 2.75. The summed E-state index contributed by atoms with van der Waals surface area (Å²) in [5, 5.41) is 0. The molecule has 0 spiro atoms. The summed E-state index contributed by atoms with van der Waals surface area (Å²) >= 11 is 0. The fourth-order valence-electron chi connectivity index (χ4n) is 2.00. The number of anilines is 1. The molecule has 1 aliphatic rings. The molecule has 0 saturated carbocycles. The maximum Gasteiger partial charge on any atom is 0.192 e. The number of halogens is 2. The second-order valence-corrected chi connectivity index (χ2v) is 3.84. The van der Waals surface area contributed by atoms with Crippen LogP contribution < -0.4 is 9.64 Å². The van der Waals surface area contributed by atoms with Gasteiger partial charge in [-0.3, -0.25) is 0 Å². The van der Waals surface area contributed by atoms with E-state index in [0.29, 0.717) is 5.69 Å². The minimum Gasteiger partial charge on any atom is -0.488 e. The van der Waals surface area contributed by atoms with Crippen molar-refractivity contribution in [2.75, 3.05) is 24.6 Å². The first-order chi connectivity index (χ1) is 7.74. The molecular formula is C12H15F2NO. The van der Waals surface area contributed by atoms with Crippen LogP contribution in [0.1, 0.15) is 19.8 Å². The topological polar surface area (TPSA) is 12.5 Å². The van der Waals surface area contributed by atoms with Crippen LogP contribution in [-0.4, -0.2) is 19.7 Å². The lowest BCUT2D eigenvalue weighted by Gasteiger charge is -2.19. The van der Waals surface area contributed by atoms with Gasteiger partial charge in [0.2, 0.25) is 0 Å². The van der Waals surface area contributed by atoms with Gasteiger partial charge in [-0.15, -0.1) is 0 Å². The van der Waals surface area contributed by atoms with Crippen LogP contribution in [0.4, 0.5) is 14.5 Å². The van der Waals surface area contributed by atoms with Crippen molar-refractivity contribution in [2.24, 2.45) is 0 Å². The van der Waals surface area contributed by atoms with Gasteiger partial charge >= 0.3 is 0 Å². The lowest BCUT2D eigenvalue weighted by Crippen LogP contribution is -2.19. The molecule has 0 aromatic heterocycles. The Morgan fingerprint density at radius 1 is 1.25 bits per heavy atom. The lowest BCUT2D eigenvalue weighted by atomic mass is 10.2. The van der Waals surface area contributed by atoms with Crippen molar-refractivity contribution in [3.8, 4) is 5.75 Å². The number of hydrogen-bond donors (Lipinski definition) is 0. The van der Waals surface area contributed by atoms with E-state index in [0.717, 1.165) is 25.9 Å². The predicted molar refractivity (Wildman–Crippen MR) is 59.0 cm³/mol. The van der Waals surface area contributed by atoms with Gasteiger partial charge in [0, 0.05) is 13.1 Å². The van der Waals surface area contributed by atoms with Crippen LogP contribution >= 0.6 is 0 Å². The maximum absolute atomic E-state index is 14.0. The molecule has 2 nitrogen and oxygen atoms in total. The summed E-state index contributed by atoms with van der Waals surface area (Å²) in [7, 11) is 0. The molecule has 1 saturated heterocycles. The van der Waals surface area contributed by atoms with Crippen LogP contribution in [0.25, 0.3) is 0 Å². The Balaban J connectivity index is 2.35. The van der Waals surface area contributed by atoms with E-state index in [1.54, 1.807) is 6.92 Å². The monoisotopic (exact) mass is 227 g/mol. The van der Waals surface area contributed by atoms with E-state index in [1.165, 1.54) is 12.1 Å². The van der Waals surface area contributed by atoms with Crippen molar-refractivity contribution >= 4 is 5.69 Å². The smallest absolute Gasteiger partial charge is 0.192 e. The molecule has 1 fully saturated rings. The highest BCUT2D eigenvalue weighted by atomic mass is 19.1. The molecule has 1 heterocycles. The van der Waals surface area contributed by atoms with Crippen LogP contribution in [0.2, 0.25) is 0 Å². The van der Waals surface area contributed by atoms with Crippen molar-refractivity contribution in [1.29, 1.82) is 0 Å². The first-order valence-corrected chi connectivity index (χ1v) is 5.59. The molecular weight excluding hydrogens is 212 g/mol. The van der Waals surface area contributed by atoms with Crippen LogP contribution in [-0.2, 0) is 0 Å². The third-order valence-corrected chi connectivity index (χ3v) is 2.76. The summed E-state index contributed by atoms with van der Waals surface area (Å²) < 4.78 is 32.3. The second kappa shape index (κ2) is 4.68. The van der Waals surface area contributed by atoms with E-state index >= 15 is 0 Å². The predicted octanol–water partition coefficient (Wildman–Crippen LogP) is 2.96. The molecule has 2 rings (SSSR count). The first-order valence-electron chi connectivity index (χ1n) is 5.59. The van der Waals surface area contributed by atoms with Gasteiger partial charge in [-0.25, -0.2) is 8.78 Å². The second-order valence-electron chi connectivity index (χ2n) is 3.84. The summed E-state index contributed by atoms with van der Waals surface area (Å²) in [6.45, 7) is 3.63. The summed E-state index contributed by atoms with van der Waals surface area (Å²) in [6.07, 6.45) is 2.11. The van der Waals surface area contributed by atoms with Gasteiger partial charge in [-0.1, -0.05) is 0 Å². The van der Waals surface area contributed by atoms with Crippen LogP contribution in [0, 0.1) is 11.6 Å². The Hall–Kier alpha value is -1.32. The lowest BCUT2D eigenvalue weighted by molar-refractivity contribution is 0.303. The average Bonchev–Trinajstić information content (AvgIpc) is 2.77. The third-order valence-electron chi connectivity index (χ3n) is 2.76. The number of rotatable bonds is 3. The molecule has 0 amide bonds. The zero-order valence-electron chi connectivity index (χ0n) is 9.30. The van der Waals surface area contributed by atoms with Crippen LogP contribution in [0.3, 0.4) is 0 Å². The zero-order valence-corrected chi connectivity index (χ0v) is 9.30. The Bertz CT molecular complexity index is 376. The summed E-state index contributed by atoms with van der Waals surface area (Å²) in [4.78, 5) is 1.93. The van der Waals surface area contributed by atoms with Gasteiger partial charge in [-0.05, 0) is 31.9 Å². The molecule has 1 aliphatic heterocycles. The Labute approximate surface area is 93.8 Å². The molecule has 0 N–H and O–H groups in total. The molecule has 1 aromatic carbocycles. The Morgan fingerprint density at radius 3 is 2.56 bits per heavy atom. The molecule has 88 valence electrons. The zero-order chi connectivity index (χ0) is 11.5. The molecule has 16 heavy (non-hydrogen) atoms. The molecule has 4 heteroatoms. The van der Waals surface area contributed by atoms with Gasteiger partial charge in [-0.2, -0.15) is 0 Å². The first kappa shape index (κ1) is 11.2. The van der Waals surface area contributed by atoms with Crippen molar-refractivity contribution in [3.05, 3.63) is 23.8 Å². The average molecular weight is 227 g/mol. The van der Waals surface area contributed by atoms with Crippen molar-refractivity contribution in [3.63, 3.8) is 0 Å². The normalized spacial score (nSPS) is 15.6.